The molecule has 2 rings (SSSR count). The molecule has 1 saturated heterocycles. The summed E-state index contributed by atoms with van der Waals surface area (Å²) in [5.41, 5.74) is 0.942. The number of anilines is 1. The molecule has 0 spiro atoms. The Labute approximate surface area is 113 Å². The maximum absolute atomic E-state index is 11.1. The second-order valence-electron chi connectivity index (χ2n) is 4.99. The second-order valence-corrected chi connectivity index (χ2v) is 4.99. The minimum Gasteiger partial charge on any atom is -0.364 e. The molecule has 5 heteroatoms. The summed E-state index contributed by atoms with van der Waals surface area (Å²) in [6.07, 6.45) is 3.33. The Kier molecular flexibility index (Phi) is 4.74. The first-order chi connectivity index (χ1) is 9.22. The Bertz CT molecular complexity index is 430. The number of nitro groups is 1. The Morgan fingerprint density at radius 3 is 2.89 bits per heavy atom. The topological polar surface area (TPSA) is 58.4 Å². The van der Waals surface area contributed by atoms with Crippen molar-refractivity contribution in [2.75, 3.05) is 24.5 Å². The van der Waals surface area contributed by atoms with Gasteiger partial charge < -0.3 is 10.2 Å². The summed E-state index contributed by atoms with van der Waals surface area (Å²) >= 11 is 0. The van der Waals surface area contributed by atoms with Gasteiger partial charge in [-0.05, 0) is 31.9 Å². The van der Waals surface area contributed by atoms with Crippen molar-refractivity contribution >= 4 is 11.4 Å². The summed E-state index contributed by atoms with van der Waals surface area (Å²) in [5.74, 6) is 0. The van der Waals surface area contributed by atoms with Crippen LogP contribution in [0.2, 0.25) is 0 Å². The molecule has 1 aliphatic heterocycles. The lowest BCUT2D eigenvalue weighted by Gasteiger charge is -2.27. The van der Waals surface area contributed by atoms with Gasteiger partial charge in [0.05, 0.1) is 4.92 Å². The first-order valence-corrected chi connectivity index (χ1v) is 6.94. The average molecular weight is 263 g/mol. The van der Waals surface area contributed by atoms with Gasteiger partial charge in [0.15, 0.2) is 0 Å². The zero-order chi connectivity index (χ0) is 13.7. The Hall–Kier alpha value is -1.62. The van der Waals surface area contributed by atoms with Gasteiger partial charge in [-0.3, -0.25) is 10.1 Å². The van der Waals surface area contributed by atoms with Crippen molar-refractivity contribution in [2.24, 2.45) is 0 Å². The molecule has 0 aromatic heterocycles. The predicted octanol–water partition coefficient (Wildman–Crippen LogP) is 2.56. The molecule has 1 aliphatic rings. The van der Waals surface area contributed by atoms with Crippen LogP contribution in [0.5, 0.6) is 0 Å². The highest BCUT2D eigenvalue weighted by molar-refractivity contribution is 5.63. The normalized spacial score (nSPS) is 18.5. The van der Waals surface area contributed by atoms with E-state index in [2.05, 4.69) is 17.1 Å². The molecule has 1 unspecified atom stereocenters. The molecule has 19 heavy (non-hydrogen) atoms. The lowest BCUT2D eigenvalue weighted by Crippen LogP contribution is -2.38. The van der Waals surface area contributed by atoms with Crippen LogP contribution in [0.3, 0.4) is 0 Å². The number of para-hydroxylation sites is 2. The van der Waals surface area contributed by atoms with Crippen LogP contribution in [0, 0.1) is 10.1 Å². The van der Waals surface area contributed by atoms with E-state index in [-0.39, 0.29) is 10.6 Å². The van der Waals surface area contributed by atoms with Crippen molar-refractivity contribution < 1.29 is 4.92 Å². The van der Waals surface area contributed by atoms with Crippen molar-refractivity contribution in [3.05, 3.63) is 34.4 Å². The number of rotatable bonds is 6. The van der Waals surface area contributed by atoms with Gasteiger partial charge in [-0.25, -0.2) is 0 Å². The van der Waals surface area contributed by atoms with Gasteiger partial charge in [0.2, 0.25) is 0 Å². The van der Waals surface area contributed by atoms with Gasteiger partial charge >= 0.3 is 0 Å². The third-order valence-electron chi connectivity index (χ3n) is 3.52. The van der Waals surface area contributed by atoms with Crippen LogP contribution in [0.15, 0.2) is 24.3 Å². The number of nitro benzene ring substituents is 1. The van der Waals surface area contributed by atoms with Crippen LogP contribution in [-0.2, 0) is 0 Å². The fraction of sp³-hybridized carbons (Fsp3) is 0.571. The molecule has 1 heterocycles. The molecular formula is C14H21N3O2. The van der Waals surface area contributed by atoms with E-state index >= 15 is 0 Å². The summed E-state index contributed by atoms with van der Waals surface area (Å²) in [5, 5.41) is 14.6. The number of hydrogen-bond acceptors (Lipinski definition) is 4. The minimum absolute atomic E-state index is 0.203. The summed E-state index contributed by atoms with van der Waals surface area (Å²) < 4.78 is 0. The van der Waals surface area contributed by atoms with E-state index in [1.807, 2.05) is 12.1 Å². The minimum atomic E-state index is -0.292. The molecule has 1 aromatic rings. The monoisotopic (exact) mass is 263 g/mol. The largest absolute Gasteiger partial charge is 0.364 e. The first kappa shape index (κ1) is 13.8. The van der Waals surface area contributed by atoms with Crippen LogP contribution in [-0.4, -0.2) is 30.6 Å². The van der Waals surface area contributed by atoms with E-state index < -0.39 is 0 Å². The molecule has 104 valence electrons. The molecule has 1 N–H and O–H groups in total. The third kappa shape index (κ3) is 3.44. The molecule has 5 nitrogen and oxygen atoms in total. The number of nitrogens with zero attached hydrogens (tertiary/aromatic N) is 2. The fourth-order valence-electron chi connectivity index (χ4n) is 2.64. The number of nitrogens with one attached hydrogen (secondary N) is 1. The van der Waals surface area contributed by atoms with Crippen molar-refractivity contribution in [1.29, 1.82) is 0 Å². The Morgan fingerprint density at radius 1 is 1.47 bits per heavy atom. The van der Waals surface area contributed by atoms with Gasteiger partial charge in [-0.15, -0.1) is 0 Å². The van der Waals surface area contributed by atoms with Crippen LogP contribution in [0.1, 0.15) is 26.2 Å². The highest BCUT2D eigenvalue weighted by Gasteiger charge is 2.22. The van der Waals surface area contributed by atoms with Gasteiger partial charge in [-0.1, -0.05) is 19.1 Å². The van der Waals surface area contributed by atoms with Gasteiger partial charge in [0.25, 0.3) is 5.69 Å². The Morgan fingerprint density at radius 2 is 2.26 bits per heavy atom. The predicted molar refractivity (Wildman–Crippen MR) is 76.6 cm³/mol. The quantitative estimate of drug-likeness (QED) is 0.633. The van der Waals surface area contributed by atoms with Gasteiger partial charge in [0, 0.05) is 25.2 Å². The molecule has 1 fully saturated rings. The van der Waals surface area contributed by atoms with Crippen LogP contribution in [0.25, 0.3) is 0 Å². The SMILES string of the molecule is CCCN(CC1CCCN1)c1ccccc1[N+](=O)[O-]. The van der Waals surface area contributed by atoms with E-state index in [4.69, 9.17) is 0 Å². The summed E-state index contributed by atoms with van der Waals surface area (Å²) in [4.78, 5) is 13.0. The number of hydrogen-bond donors (Lipinski definition) is 1. The van der Waals surface area contributed by atoms with Crippen molar-refractivity contribution in [3.63, 3.8) is 0 Å². The molecule has 0 bridgehead atoms. The van der Waals surface area contributed by atoms with Gasteiger partial charge in [0.1, 0.15) is 5.69 Å². The molecule has 1 atom stereocenters. The molecule has 0 radical (unpaired) electrons. The molecule has 0 saturated carbocycles. The fourth-order valence-corrected chi connectivity index (χ4v) is 2.64. The first-order valence-electron chi connectivity index (χ1n) is 6.94. The van der Waals surface area contributed by atoms with Crippen LogP contribution < -0.4 is 10.2 Å². The van der Waals surface area contributed by atoms with Crippen molar-refractivity contribution in [3.8, 4) is 0 Å². The van der Waals surface area contributed by atoms with E-state index in [0.29, 0.717) is 6.04 Å². The molecule has 1 aromatic carbocycles. The van der Waals surface area contributed by atoms with Crippen LogP contribution >= 0.6 is 0 Å². The van der Waals surface area contributed by atoms with E-state index in [0.717, 1.165) is 38.2 Å². The highest BCUT2D eigenvalue weighted by atomic mass is 16.6. The van der Waals surface area contributed by atoms with Crippen molar-refractivity contribution in [2.45, 2.75) is 32.2 Å². The van der Waals surface area contributed by atoms with Crippen LogP contribution in [0.4, 0.5) is 11.4 Å². The molecule has 0 amide bonds. The average Bonchev–Trinajstić information content (AvgIpc) is 2.91. The zero-order valence-electron chi connectivity index (χ0n) is 11.3. The van der Waals surface area contributed by atoms with E-state index in [9.17, 15) is 10.1 Å². The van der Waals surface area contributed by atoms with Gasteiger partial charge in [-0.2, -0.15) is 0 Å². The lowest BCUT2D eigenvalue weighted by molar-refractivity contribution is -0.384. The highest BCUT2D eigenvalue weighted by Crippen LogP contribution is 2.28. The third-order valence-corrected chi connectivity index (χ3v) is 3.52. The maximum atomic E-state index is 11.1. The van der Waals surface area contributed by atoms with Crippen molar-refractivity contribution in [1.82, 2.24) is 5.32 Å². The summed E-state index contributed by atoms with van der Waals surface area (Å²) in [7, 11) is 0. The summed E-state index contributed by atoms with van der Waals surface area (Å²) in [6.45, 7) is 4.85. The standard InChI is InChI=1S/C14H21N3O2/c1-2-10-16(11-12-6-5-9-15-12)13-7-3-4-8-14(13)17(18)19/h3-4,7-8,12,15H,2,5-6,9-11H2,1H3. The maximum Gasteiger partial charge on any atom is 0.292 e. The summed E-state index contributed by atoms with van der Waals surface area (Å²) in [6, 6.07) is 7.47. The molecular weight excluding hydrogens is 242 g/mol. The van der Waals surface area contributed by atoms with E-state index in [1.165, 1.54) is 6.42 Å². The Balaban J connectivity index is 2.19. The molecule has 0 aliphatic carbocycles. The zero-order valence-corrected chi connectivity index (χ0v) is 11.3. The van der Waals surface area contributed by atoms with E-state index in [1.54, 1.807) is 12.1 Å². The second kappa shape index (κ2) is 6.52. The lowest BCUT2D eigenvalue weighted by atomic mass is 10.1. The number of benzene rings is 1. The smallest absolute Gasteiger partial charge is 0.292 e.